The molecule has 0 radical (unpaired) electrons. The molecule has 0 atom stereocenters. The summed E-state index contributed by atoms with van der Waals surface area (Å²) in [4.78, 5) is 0. The number of anilines is 1. The average molecular weight is 240 g/mol. The van der Waals surface area contributed by atoms with Crippen LogP contribution in [-0.2, 0) is 0 Å². The van der Waals surface area contributed by atoms with Gasteiger partial charge in [0.05, 0.1) is 5.69 Å². The molecule has 0 unspecified atom stereocenters. The lowest BCUT2D eigenvalue weighted by Gasteiger charge is -2.53. The predicted octanol–water partition coefficient (Wildman–Crippen LogP) is 3.16. The molecule has 5 fully saturated rings. The first-order chi connectivity index (χ1) is 8.86. The van der Waals surface area contributed by atoms with Gasteiger partial charge in [-0.1, -0.05) is 18.2 Å². The Morgan fingerprint density at radius 2 is 1.50 bits per heavy atom. The second-order valence-corrected chi connectivity index (χ2v) is 6.91. The van der Waals surface area contributed by atoms with Crippen LogP contribution in [0.15, 0.2) is 30.3 Å². The predicted molar refractivity (Wildman–Crippen MR) is 71.8 cm³/mol. The summed E-state index contributed by atoms with van der Waals surface area (Å²) in [5, 5.41) is 2.49. The van der Waals surface area contributed by atoms with Crippen LogP contribution in [0.1, 0.15) is 32.1 Å². The third kappa shape index (κ3) is 1.08. The van der Waals surface area contributed by atoms with Crippen molar-refractivity contribution in [3.05, 3.63) is 30.3 Å². The minimum absolute atomic E-state index is 0.356. The summed E-state index contributed by atoms with van der Waals surface area (Å²) >= 11 is 0. The van der Waals surface area contributed by atoms with Crippen molar-refractivity contribution in [3.63, 3.8) is 0 Å². The molecule has 18 heavy (non-hydrogen) atoms. The maximum Gasteiger partial charge on any atom is 0.128 e. The monoisotopic (exact) mass is 240 g/mol. The smallest absolute Gasteiger partial charge is 0.128 e. The van der Waals surface area contributed by atoms with Crippen molar-refractivity contribution in [2.24, 2.45) is 23.7 Å². The molecule has 1 heterocycles. The maximum absolute atomic E-state index is 3.78. The van der Waals surface area contributed by atoms with Crippen molar-refractivity contribution in [3.8, 4) is 0 Å². The van der Waals surface area contributed by atoms with E-state index >= 15 is 0 Å². The summed E-state index contributed by atoms with van der Waals surface area (Å²) in [6, 6.07) is 10.9. The fourth-order valence-corrected chi connectivity index (χ4v) is 5.46. The fraction of sp³-hybridized carbons (Fsp3) is 0.625. The molecule has 4 bridgehead atoms. The van der Waals surface area contributed by atoms with E-state index in [0.29, 0.717) is 5.66 Å². The number of hydrazine groups is 1. The Morgan fingerprint density at radius 1 is 0.889 bits per heavy atom. The molecule has 6 rings (SSSR count). The van der Waals surface area contributed by atoms with Gasteiger partial charge in [-0.3, -0.25) is 5.01 Å². The van der Waals surface area contributed by atoms with Crippen molar-refractivity contribution < 1.29 is 0 Å². The van der Waals surface area contributed by atoms with Crippen LogP contribution in [0, 0.1) is 23.7 Å². The maximum atomic E-state index is 3.78. The average Bonchev–Trinajstić information content (AvgIpc) is 3.13. The van der Waals surface area contributed by atoms with Gasteiger partial charge in [0.25, 0.3) is 0 Å². The summed E-state index contributed by atoms with van der Waals surface area (Å²) in [5.74, 6) is 3.93. The molecule has 4 saturated carbocycles. The van der Waals surface area contributed by atoms with Crippen molar-refractivity contribution in [2.45, 2.75) is 37.8 Å². The molecule has 5 aliphatic rings. The first-order valence-corrected chi connectivity index (χ1v) is 7.49. The second kappa shape index (κ2) is 3.11. The summed E-state index contributed by atoms with van der Waals surface area (Å²) < 4.78 is 0. The molecular formula is C16H20N2. The third-order valence-electron chi connectivity index (χ3n) is 6.01. The molecule has 4 aliphatic carbocycles. The minimum Gasteiger partial charge on any atom is -0.284 e. The molecule has 1 spiro atoms. The Kier molecular flexibility index (Phi) is 1.70. The van der Waals surface area contributed by atoms with Gasteiger partial charge in [0.1, 0.15) is 5.66 Å². The highest BCUT2D eigenvalue weighted by atomic mass is 15.8. The van der Waals surface area contributed by atoms with Crippen molar-refractivity contribution in [1.29, 1.82) is 0 Å². The van der Waals surface area contributed by atoms with Crippen LogP contribution in [0.4, 0.5) is 5.69 Å². The Bertz CT molecular complexity index is 453. The molecule has 0 amide bonds. The van der Waals surface area contributed by atoms with Gasteiger partial charge in [0.2, 0.25) is 0 Å². The van der Waals surface area contributed by atoms with Crippen molar-refractivity contribution in [2.75, 3.05) is 5.01 Å². The molecule has 1 N–H and O–H groups in total. The van der Waals surface area contributed by atoms with Crippen LogP contribution in [0.5, 0.6) is 0 Å². The third-order valence-corrected chi connectivity index (χ3v) is 6.01. The van der Waals surface area contributed by atoms with Crippen LogP contribution < -0.4 is 10.4 Å². The second-order valence-electron chi connectivity index (χ2n) is 6.91. The van der Waals surface area contributed by atoms with E-state index in [1.807, 2.05) is 0 Å². The van der Waals surface area contributed by atoms with Gasteiger partial charge in [-0.25, -0.2) is 5.43 Å². The van der Waals surface area contributed by atoms with Gasteiger partial charge in [-0.05, 0) is 67.9 Å². The SMILES string of the molecule is c1ccc(N2NC23C2CC4CC(C2)CC3C4)cc1. The zero-order valence-electron chi connectivity index (χ0n) is 10.7. The van der Waals surface area contributed by atoms with E-state index in [9.17, 15) is 0 Å². The molecular weight excluding hydrogens is 220 g/mol. The van der Waals surface area contributed by atoms with E-state index in [1.165, 1.54) is 37.8 Å². The molecule has 1 aromatic rings. The molecule has 0 aromatic heterocycles. The van der Waals surface area contributed by atoms with Gasteiger partial charge < -0.3 is 0 Å². The van der Waals surface area contributed by atoms with E-state index in [2.05, 4.69) is 40.8 Å². The fourth-order valence-electron chi connectivity index (χ4n) is 5.46. The van der Waals surface area contributed by atoms with Crippen LogP contribution in [0.3, 0.4) is 0 Å². The van der Waals surface area contributed by atoms with Gasteiger partial charge in [0, 0.05) is 0 Å². The molecule has 94 valence electrons. The zero-order valence-corrected chi connectivity index (χ0v) is 10.7. The molecule has 1 aliphatic heterocycles. The molecule has 2 heteroatoms. The van der Waals surface area contributed by atoms with Crippen LogP contribution >= 0.6 is 0 Å². The number of hydrogen-bond acceptors (Lipinski definition) is 2. The van der Waals surface area contributed by atoms with E-state index < -0.39 is 0 Å². The topological polar surface area (TPSA) is 25.0 Å². The largest absolute Gasteiger partial charge is 0.284 e. The quantitative estimate of drug-likeness (QED) is 0.763. The normalized spacial score (nSPS) is 47.9. The summed E-state index contributed by atoms with van der Waals surface area (Å²) in [6.07, 6.45) is 7.44. The van der Waals surface area contributed by atoms with Crippen molar-refractivity contribution >= 4 is 5.69 Å². The van der Waals surface area contributed by atoms with Crippen LogP contribution in [0.2, 0.25) is 0 Å². The van der Waals surface area contributed by atoms with E-state index in [0.717, 1.165) is 23.7 Å². The molecule has 2 nitrogen and oxygen atoms in total. The highest BCUT2D eigenvalue weighted by molar-refractivity contribution is 5.55. The Labute approximate surface area is 108 Å². The number of para-hydroxylation sites is 1. The lowest BCUT2D eigenvalue weighted by atomic mass is 9.52. The molecule has 1 saturated heterocycles. The minimum atomic E-state index is 0.356. The standard InChI is InChI=1S/C16H20N2/c1-2-4-15(5-3-1)18-16(17-18)13-7-11-6-12(9-13)10-14(16)8-11/h1-5,11-14,17H,6-10H2. The van der Waals surface area contributed by atoms with E-state index in [1.54, 1.807) is 0 Å². The van der Waals surface area contributed by atoms with Gasteiger partial charge >= 0.3 is 0 Å². The highest BCUT2D eigenvalue weighted by Crippen LogP contribution is 2.63. The molecule has 1 aromatic carbocycles. The number of rotatable bonds is 1. The van der Waals surface area contributed by atoms with Gasteiger partial charge in [-0.15, -0.1) is 0 Å². The van der Waals surface area contributed by atoms with Crippen molar-refractivity contribution in [1.82, 2.24) is 5.43 Å². The zero-order chi connectivity index (χ0) is 11.7. The number of nitrogens with zero attached hydrogens (tertiary/aromatic N) is 1. The summed E-state index contributed by atoms with van der Waals surface area (Å²) in [5.41, 5.74) is 5.50. The Morgan fingerprint density at radius 3 is 2.11 bits per heavy atom. The number of nitrogens with one attached hydrogen (secondary N) is 1. The first-order valence-electron chi connectivity index (χ1n) is 7.49. The van der Waals surface area contributed by atoms with Gasteiger partial charge in [-0.2, -0.15) is 0 Å². The van der Waals surface area contributed by atoms with E-state index in [-0.39, 0.29) is 0 Å². The lowest BCUT2D eigenvalue weighted by Crippen LogP contribution is -2.53. The number of benzene rings is 1. The summed E-state index contributed by atoms with van der Waals surface area (Å²) in [6.45, 7) is 0. The lowest BCUT2D eigenvalue weighted by molar-refractivity contribution is -0.0164. The van der Waals surface area contributed by atoms with E-state index in [4.69, 9.17) is 0 Å². The first kappa shape index (κ1) is 9.85. The van der Waals surface area contributed by atoms with Crippen LogP contribution in [-0.4, -0.2) is 5.66 Å². The summed E-state index contributed by atoms with van der Waals surface area (Å²) in [7, 11) is 0. The van der Waals surface area contributed by atoms with Crippen LogP contribution in [0.25, 0.3) is 0 Å². The Balaban J connectivity index is 1.52. The van der Waals surface area contributed by atoms with Gasteiger partial charge in [0.15, 0.2) is 0 Å². The number of hydrogen-bond donors (Lipinski definition) is 1. The Hall–Kier alpha value is -1.02. The highest BCUT2D eigenvalue weighted by Gasteiger charge is 2.68.